The molecule has 0 spiro atoms. The smallest absolute Gasteiger partial charge is 0.191 e. The van der Waals surface area contributed by atoms with Crippen molar-refractivity contribution in [3.63, 3.8) is 0 Å². The van der Waals surface area contributed by atoms with E-state index in [1.54, 1.807) is 0 Å². The highest BCUT2D eigenvalue weighted by Gasteiger charge is 2.21. The molecule has 0 saturated carbocycles. The van der Waals surface area contributed by atoms with Crippen LogP contribution in [0.2, 0.25) is 0 Å². The number of guanidine groups is 1. The van der Waals surface area contributed by atoms with Gasteiger partial charge in [0.1, 0.15) is 0 Å². The Morgan fingerprint density at radius 2 is 1.62 bits per heavy atom. The van der Waals surface area contributed by atoms with Crippen LogP contribution in [0.25, 0.3) is 0 Å². The molecular weight excluding hydrogens is 278 g/mol. The molecule has 0 bridgehead atoms. The average molecular weight is 308 g/mol. The highest BCUT2D eigenvalue weighted by Crippen LogP contribution is 2.22. The van der Waals surface area contributed by atoms with Gasteiger partial charge in [0.2, 0.25) is 0 Å². The number of hydrogen-bond donors (Lipinski definition) is 2. The first kappa shape index (κ1) is 17.9. The Kier molecular flexibility index (Phi) is 6.59. The van der Waals surface area contributed by atoms with E-state index in [9.17, 15) is 0 Å². The summed E-state index contributed by atoms with van der Waals surface area (Å²) in [6.45, 7) is 10.7. The largest absolute Gasteiger partial charge is 0.356 e. The third-order valence-electron chi connectivity index (χ3n) is 3.71. The van der Waals surface area contributed by atoms with Crippen LogP contribution in [0.5, 0.6) is 0 Å². The molecule has 1 aromatic carbocycles. The molecule has 0 aliphatic heterocycles. The molecule has 0 aliphatic rings. The Balaban J connectivity index is 2.56. The predicted molar refractivity (Wildman–Crippen MR) is 96.4 cm³/mol. The summed E-state index contributed by atoms with van der Waals surface area (Å²) in [6.07, 6.45) is 2.14. The van der Waals surface area contributed by atoms with Crippen molar-refractivity contribution in [3.8, 4) is 0 Å². The summed E-state index contributed by atoms with van der Waals surface area (Å²) in [5, 5.41) is 6.84. The van der Waals surface area contributed by atoms with Gasteiger partial charge in [0.25, 0.3) is 0 Å². The van der Waals surface area contributed by atoms with E-state index < -0.39 is 0 Å². The molecular formula is C17H29N3S. The van der Waals surface area contributed by atoms with Crippen LogP contribution >= 0.6 is 11.8 Å². The Morgan fingerprint density at radius 1 is 1.05 bits per heavy atom. The van der Waals surface area contributed by atoms with E-state index in [2.05, 4.69) is 79.9 Å². The lowest BCUT2D eigenvalue weighted by Gasteiger charge is -2.28. The maximum absolute atomic E-state index is 4.31. The zero-order valence-electron chi connectivity index (χ0n) is 14.2. The van der Waals surface area contributed by atoms with Crippen molar-refractivity contribution in [3.05, 3.63) is 35.9 Å². The second kappa shape index (κ2) is 7.74. The molecule has 0 aromatic heterocycles. The maximum Gasteiger partial charge on any atom is 0.191 e. The molecule has 2 N–H and O–H groups in total. The van der Waals surface area contributed by atoms with Crippen LogP contribution in [0.1, 0.15) is 33.3 Å². The first-order valence-electron chi connectivity index (χ1n) is 7.36. The van der Waals surface area contributed by atoms with E-state index in [0.29, 0.717) is 0 Å². The summed E-state index contributed by atoms with van der Waals surface area (Å²) in [7, 11) is 1.82. The summed E-state index contributed by atoms with van der Waals surface area (Å²) >= 11 is 1.85. The van der Waals surface area contributed by atoms with Crippen molar-refractivity contribution in [2.75, 3.05) is 26.4 Å². The topological polar surface area (TPSA) is 36.4 Å². The molecule has 21 heavy (non-hydrogen) atoms. The maximum atomic E-state index is 4.31. The molecule has 1 aromatic rings. The summed E-state index contributed by atoms with van der Waals surface area (Å²) in [6, 6.07) is 10.6. The molecule has 0 amide bonds. The molecule has 4 heteroatoms. The summed E-state index contributed by atoms with van der Waals surface area (Å²) < 4.78 is 0.201. The van der Waals surface area contributed by atoms with Gasteiger partial charge in [0.05, 0.1) is 0 Å². The van der Waals surface area contributed by atoms with E-state index in [-0.39, 0.29) is 10.2 Å². The van der Waals surface area contributed by atoms with Crippen molar-refractivity contribution in [1.82, 2.24) is 10.6 Å². The van der Waals surface area contributed by atoms with Gasteiger partial charge in [-0.25, -0.2) is 0 Å². The average Bonchev–Trinajstić information content (AvgIpc) is 2.48. The van der Waals surface area contributed by atoms with E-state index in [0.717, 1.165) is 19.0 Å². The highest BCUT2D eigenvalue weighted by atomic mass is 32.2. The van der Waals surface area contributed by atoms with E-state index in [4.69, 9.17) is 0 Å². The number of nitrogens with one attached hydrogen (secondary N) is 2. The normalized spacial score (nSPS) is 13.1. The molecule has 118 valence electrons. The second-order valence-electron chi connectivity index (χ2n) is 6.49. The van der Waals surface area contributed by atoms with E-state index in [1.165, 1.54) is 5.56 Å². The molecule has 3 nitrogen and oxygen atoms in total. The molecule has 0 aliphatic carbocycles. The molecule has 0 fully saturated rings. The van der Waals surface area contributed by atoms with Crippen molar-refractivity contribution in [1.29, 1.82) is 0 Å². The molecule has 0 radical (unpaired) electrons. The van der Waals surface area contributed by atoms with Crippen LogP contribution in [0, 0.1) is 0 Å². The molecule has 0 unspecified atom stereocenters. The molecule has 1 rings (SSSR count). The second-order valence-corrected chi connectivity index (χ2v) is 8.01. The number of aliphatic imine (C=N–C) groups is 1. The van der Waals surface area contributed by atoms with Gasteiger partial charge in [0, 0.05) is 30.3 Å². The number of nitrogens with zero attached hydrogens (tertiary/aromatic N) is 1. The van der Waals surface area contributed by atoms with Gasteiger partial charge in [-0.2, -0.15) is 11.8 Å². The standard InChI is InChI=1S/C17H29N3S/c1-16(2,14-10-8-7-9-11-14)12-19-15(18-5)20-13-17(3,4)21-6/h7-11H,12-13H2,1-6H3,(H2,18,19,20). The van der Waals surface area contributed by atoms with Crippen LogP contribution in [0.15, 0.2) is 35.3 Å². The Morgan fingerprint density at radius 3 is 2.14 bits per heavy atom. The first-order valence-corrected chi connectivity index (χ1v) is 8.58. The van der Waals surface area contributed by atoms with Crippen LogP contribution in [0.3, 0.4) is 0 Å². The Labute approximate surface area is 134 Å². The Bertz CT molecular complexity index is 452. The number of rotatable bonds is 6. The van der Waals surface area contributed by atoms with Gasteiger partial charge < -0.3 is 10.6 Å². The zero-order chi connectivity index (χ0) is 15.9. The van der Waals surface area contributed by atoms with Crippen LogP contribution in [-0.2, 0) is 5.41 Å². The SMILES string of the molecule is CN=C(NCC(C)(C)SC)NCC(C)(C)c1ccccc1. The molecule has 0 atom stereocenters. The summed E-state index contributed by atoms with van der Waals surface area (Å²) in [5.74, 6) is 0.862. The quantitative estimate of drug-likeness (QED) is 0.625. The first-order chi connectivity index (χ1) is 9.80. The van der Waals surface area contributed by atoms with Gasteiger partial charge in [-0.15, -0.1) is 0 Å². The summed E-state index contributed by atoms with van der Waals surface area (Å²) in [4.78, 5) is 4.31. The van der Waals surface area contributed by atoms with Crippen molar-refractivity contribution >= 4 is 17.7 Å². The number of hydrogen-bond acceptors (Lipinski definition) is 2. The van der Waals surface area contributed by atoms with Crippen LogP contribution < -0.4 is 10.6 Å². The zero-order valence-corrected chi connectivity index (χ0v) is 15.0. The third kappa shape index (κ3) is 6.00. The highest BCUT2D eigenvalue weighted by molar-refractivity contribution is 7.99. The lowest BCUT2D eigenvalue weighted by Crippen LogP contribution is -2.46. The molecule has 0 heterocycles. The van der Waals surface area contributed by atoms with E-state index in [1.807, 2.05) is 18.8 Å². The van der Waals surface area contributed by atoms with Crippen molar-refractivity contribution in [2.24, 2.45) is 4.99 Å². The number of benzene rings is 1. The van der Waals surface area contributed by atoms with Crippen molar-refractivity contribution in [2.45, 2.75) is 37.9 Å². The minimum absolute atomic E-state index is 0.0634. The summed E-state index contributed by atoms with van der Waals surface area (Å²) in [5.41, 5.74) is 1.39. The van der Waals surface area contributed by atoms with Gasteiger partial charge in [-0.1, -0.05) is 44.2 Å². The van der Waals surface area contributed by atoms with Crippen LogP contribution in [-0.4, -0.2) is 37.1 Å². The minimum Gasteiger partial charge on any atom is -0.356 e. The molecule has 0 saturated heterocycles. The Hall–Kier alpha value is -1.16. The fourth-order valence-corrected chi connectivity index (χ4v) is 2.10. The fraction of sp³-hybridized carbons (Fsp3) is 0.588. The van der Waals surface area contributed by atoms with Gasteiger partial charge in [-0.3, -0.25) is 4.99 Å². The minimum atomic E-state index is 0.0634. The predicted octanol–water partition coefficient (Wildman–Crippen LogP) is 3.27. The van der Waals surface area contributed by atoms with Gasteiger partial charge in [-0.05, 0) is 25.7 Å². The van der Waals surface area contributed by atoms with Crippen molar-refractivity contribution < 1.29 is 0 Å². The fourth-order valence-electron chi connectivity index (χ4n) is 1.89. The van der Waals surface area contributed by atoms with Crippen LogP contribution in [0.4, 0.5) is 0 Å². The van der Waals surface area contributed by atoms with E-state index >= 15 is 0 Å². The number of thioether (sulfide) groups is 1. The lowest BCUT2D eigenvalue weighted by molar-refractivity contribution is 0.507. The third-order valence-corrected chi connectivity index (χ3v) is 4.96. The van der Waals surface area contributed by atoms with Gasteiger partial charge in [0.15, 0.2) is 5.96 Å². The lowest BCUT2D eigenvalue weighted by atomic mass is 9.85. The monoisotopic (exact) mass is 307 g/mol. The van der Waals surface area contributed by atoms with Gasteiger partial charge >= 0.3 is 0 Å².